The minimum atomic E-state index is -1.80. The highest BCUT2D eigenvalue weighted by Gasteiger charge is 2.18. The topological polar surface area (TPSA) is 82.3 Å². The molecule has 12 heteroatoms. The third-order valence-electron chi connectivity index (χ3n) is 2.90. The van der Waals surface area contributed by atoms with Crippen LogP contribution in [0.2, 0.25) is 0 Å². The Kier molecular flexibility index (Phi) is 5.54. The van der Waals surface area contributed by atoms with Crippen LogP contribution in [-0.2, 0) is 9.59 Å². The summed E-state index contributed by atoms with van der Waals surface area (Å²) in [6.07, 6.45) is 0. The van der Waals surface area contributed by atoms with Crippen molar-refractivity contribution in [2.45, 2.75) is 0 Å². The molecule has 138 valence electrons. The monoisotopic (exact) mass is 378 g/mol. The molecule has 6 nitrogen and oxygen atoms in total. The number of carbonyl (C=O) groups is 2. The van der Waals surface area contributed by atoms with E-state index in [1.54, 1.807) is 10.9 Å². The van der Waals surface area contributed by atoms with Crippen LogP contribution in [0.5, 0.6) is 0 Å². The van der Waals surface area contributed by atoms with Crippen molar-refractivity contribution < 1.29 is 35.9 Å². The summed E-state index contributed by atoms with van der Waals surface area (Å²) in [7, 11) is 0. The van der Waals surface area contributed by atoms with Crippen LogP contribution in [0.25, 0.3) is 0 Å². The van der Waals surface area contributed by atoms with E-state index in [-0.39, 0.29) is 0 Å². The normalized spacial score (nSPS) is 10.2. The van der Waals surface area contributed by atoms with Crippen LogP contribution in [-0.4, -0.2) is 11.8 Å². The van der Waals surface area contributed by atoms with Crippen LogP contribution in [0, 0.1) is 34.9 Å². The first-order valence-corrected chi connectivity index (χ1v) is 6.61. The first-order valence-electron chi connectivity index (χ1n) is 6.61. The molecular weight excluding hydrogens is 370 g/mol. The smallest absolute Gasteiger partial charge is 0.295 e. The summed E-state index contributed by atoms with van der Waals surface area (Å²) >= 11 is 0. The Hall–Kier alpha value is -3.44. The summed E-state index contributed by atoms with van der Waals surface area (Å²) < 4.78 is 78.2. The molecule has 2 aromatic rings. The largest absolute Gasteiger partial charge is 0.329 e. The molecule has 0 heterocycles. The predicted octanol–water partition coefficient (Wildman–Crippen LogP) is 2.11. The Balaban J connectivity index is 1.93. The zero-order valence-electron chi connectivity index (χ0n) is 12.4. The molecule has 0 aliphatic carbocycles. The molecule has 0 aliphatic rings. The third-order valence-corrected chi connectivity index (χ3v) is 2.90. The molecule has 0 aromatic heterocycles. The minimum Gasteiger partial charge on any atom is -0.295 e. The SMILES string of the molecule is O=C(NNc1ccc(F)c(F)c1F)C(=O)NNc1ccc(F)c(F)c1F. The molecule has 0 atom stereocenters. The highest BCUT2D eigenvalue weighted by molar-refractivity contribution is 6.35. The summed E-state index contributed by atoms with van der Waals surface area (Å²) in [6.45, 7) is 0. The lowest BCUT2D eigenvalue weighted by Crippen LogP contribution is -2.44. The maximum absolute atomic E-state index is 13.3. The average Bonchev–Trinajstić information content (AvgIpc) is 2.62. The molecule has 0 saturated heterocycles. The van der Waals surface area contributed by atoms with Crippen molar-refractivity contribution in [3.8, 4) is 0 Å². The van der Waals surface area contributed by atoms with Crippen LogP contribution in [0.1, 0.15) is 0 Å². The lowest BCUT2D eigenvalue weighted by atomic mass is 10.3. The fourth-order valence-electron chi connectivity index (χ4n) is 1.61. The van der Waals surface area contributed by atoms with E-state index in [0.717, 1.165) is 12.1 Å². The highest BCUT2D eigenvalue weighted by atomic mass is 19.2. The van der Waals surface area contributed by atoms with Crippen molar-refractivity contribution >= 4 is 23.2 Å². The van der Waals surface area contributed by atoms with E-state index in [2.05, 4.69) is 0 Å². The molecule has 0 spiro atoms. The van der Waals surface area contributed by atoms with E-state index in [9.17, 15) is 35.9 Å². The molecule has 0 fully saturated rings. The number of nitrogens with one attached hydrogen (secondary N) is 4. The van der Waals surface area contributed by atoms with Crippen molar-refractivity contribution in [2.75, 3.05) is 10.9 Å². The van der Waals surface area contributed by atoms with Crippen molar-refractivity contribution in [3.05, 3.63) is 59.2 Å². The van der Waals surface area contributed by atoms with Gasteiger partial charge in [0.1, 0.15) is 0 Å². The first-order chi connectivity index (χ1) is 12.2. The van der Waals surface area contributed by atoms with E-state index in [1.165, 1.54) is 0 Å². The number of halogens is 6. The number of rotatable bonds is 4. The molecule has 26 heavy (non-hydrogen) atoms. The molecule has 4 N–H and O–H groups in total. The quantitative estimate of drug-likeness (QED) is 0.284. The number of hydrogen-bond acceptors (Lipinski definition) is 4. The predicted molar refractivity (Wildman–Crippen MR) is 76.2 cm³/mol. The number of anilines is 2. The van der Waals surface area contributed by atoms with Crippen molar-refractivity contribution in [1.82, 2.24) is 10.9 Å². The Labute approximate surface area is 141 Å². The number of benzene rings is 2. The lowest BCUT2D eigenvalue weighted by molar-refractivity contribution is -0.138. The van der Waals surface area contributed by atoms with Gasteiger partial charge in [0.2, 0.25) is 0 Å². The summed E-state index contributed by atoms with van der Waals surface area (Å²) in [5, 5.41) is 0. The van der Waals surface area contributed by atoms with Gasteiger partial charge >= 0.3 is 11.8 Å². The molecule has 0 radical (unpaired) electrons. The molecule has 0 saturated carbocycles. The van der Waals surface area contributed by atoms with Gasteiger partial charge in [-0.3, -0.25) is 31.3 Å². The van der Waals surface area contributed by atoms with Gasteiger partial charge in [0.05, 0.1) is 11.4 Å². The van der Waals surface area contributed by atoms with Gasteiger partial charge in [-0.05, 0) is 24.3 Å². The maximum atomic E-state index is 13.3. The lowest BCUT2D eigenvalue weighted by Gasteiger charge is -2.11. The Morgan fingerprint density at radius 2 is 0.923 bits per heavy atom. The van der Waals surface area contributed by atoms with Gasteiger partial charge in [0.25, 0.3) is 0 Å². The fraction of sp³-hybridized carbons (Fsp3) is 0. The van der Waals surface area contributed by atoms with Crippen molar-refractivity contribution in [3.63, 3.8) is 0 Å². The number of amides is 2. The minimum absolute atomic E-state index is 0.570. The van der Waals surface area contributed by atoms with Gasteiger partial charge < -0.3 is 0 Å². The van der Waals surface area contributed by atoms with Crippen LogP contribution >= 0.6 is 0 Å². The number of hydrazine groups is 2. The zero-order valence-corrected chi connectivity index (χ0v) is 12.4. The Morgan fingerprint density at radius 3 is 1.27 bits per heavy atom. The highest BCUT2D eigenvalue weighted by Crippen LogP contribution is 2.19. The van der Waals surface area contributed by atoms with E-state index >= 15 is 0 Å². The fourth-order valence-corrected chi connectivity index (χ4v) is 1.61. The zero-order chi connectivity index (χ0) is 19.4. The Bertz CT molecular complexity index is 806. The molecular formula is C14H8F6N4O2. The summed E-state index contributed by atoms with van der Waals surface area (Å²) in [6, 6.07) is 2.64. The summed E-state index contributed by atoms with van der Waals surface area (Å²) in [4.78, 5) is 22.9. The second-order valence-corrected chi connectivity index (χ2v) is 4.60. The molecule has 0 bridgehead atoms. The standard InChI is InChI=1S/C14H8F6N4O2/c15-5-1-3-7(11(19)9(5)17)21-23-13(25)14(26)24-22-8-4-2-6(16)10(18)12(8)20/h1-4,21-22H,(H,23,25)(H,24,26). The van der Waals surface area contributed by atoms with Gasteiger partial charge in [-0.25, -0.2) is 26.3 Å². The van der Waals surface area contributed by atoms with Crippen LogP contribution in [0.3, 0.4) is 0 Å². The van der Waals surface area contributed by atoms with Gasteiger partial charge in [-0.2, -0.15) is 0 Å². The van der Waals surface area contributed by atoms with E-state index < -0.39 is 58.1 Å². The first kappa shape index (κ1) is 18.9. The van der Waals surface area contributed by atoms with Gasteiger partial charge in [0, 0.05) is 0 Å². The summed E-state index contributed by atoms with van der Waals surface area (Å²) in [5.41, 5.74) is 5.64. The summed E-state index contributed by atoms with van der Waals surface area (Å²) in [5.74, 6) is -12.7. The second-order valence-electron chi connectivity index (χ2n) is 4.60. The second kappa shape index (κ2) is 7.63. The molecule has 2 aromatic carbocycles. The van der Waals surface area contributed by atoms with Crippen molar-refractivity contribution in [2.24, 2.45) is 0 Å². The Morgan fingerprint density at radius 1 is 0.577 bits per heavy atom. The van der Waals surface area contributed by atoms with Crippen LogP contribution in [0.15, 0.2) is 24.3 Å². The average molecular weight is 378 g/mol. The van der Waals surface area contributed by atoms with Crippen LogP contribution < -0.4 is 21.7 Å². The number of hydrogen-bond donors (Lipinski definition) is 4. The van der Waals surface area contributed by atoms with E-state index in [0.29, 0.717) is 12.1 Å². The van der Waals surface area contributed by atoms with Gasteiger partial charge in [-0.15, -0.1) is 0 Å². The van der Waals surface area contributed by atoms with E-state index in [1.807, 2.05) is 10.9 Å². The third kappa shape index (κ3) is 3.96. The molecule has 2 amide bonds. The van der Waals surface area contributed by atoms with E-state index in [4.69, 9.17) is 0 Å². The number of carbonyl (C=O) groups excluding carboxylic acids is 2. The maximum Gasteiger partial charge on any atom is 0.329 e. The molecule has 0 unspecified atom stereocenters. The van der Waals surface area contributed by atoms with Gasteiger partial charge in [0.15, 0.2) is 34.9 Å². The van der Waals surface area contributed by atoms with Crippen molar-refractivity contribution in [1.29, 1.82) is 0 Å². The van der Waals surface area contributed by atoms with Crippen LogP contribution in [0.4, 0.5) is 37.7 Å². The molecule has 2 rings (SSSR count). The molecule has 0 aliphatic heterocycles. The van der Waals surface area contributed by atoms with Gasteiger partial charge in [-0.1, -0.05) is 0 Å².